The van der Waals surface area contributed by atoms with Crippen LogP contribution in [0, 0.1) is 0 Å². The highest BCUT2D eigenvalue weighted by atomic mass is 16.6. The molecule has 1 aromatic heterocycles. The lowest BCUT2D eigenvalue weighted by molar-refractivity contribution is 0.0541. The summed E-state index contributed by atoms with van der Waals surface area (Å²) in [6.07, 6.45) is -0.0654. The summed E-state index contributed by atoms with van der Waals surface area (Å²) in [5.41, 5.74) is 0.102. The molecular formula is C24H30N4O6. The molecule has 1 aromatic carbocycles. The summed E-state index contributed by atoms with van der Waals surface area (Å²) in [7, 11) is 1.29. The van der Waals surface area contributed by atoms with Crippen molar-refractivity contribution in [1.29, 1.82) is 0 Å². The van der Waals surface area contributed by atoms with Crippen molar-refractivity contribution in [2.24, 2.45) is 4.99 Å². The van der Waals surface area contributed by atoms with E-state index in [9.17, 15) is 14.4 Å². The molecule has 2 aromatic rings. The standard InChI is InChI=1S/C24H30N4O6/c1-23(2,3)33-21(30)27-20(28-22(31)34-24(4,5)6)26-16-11-8-10-15(14-16)18-17(19(29)32-7)12-9-13-25-18/h8-14H,1-7H3,(H2,26,27,28,30,31). The third-order valence-corrected chi connectivity index (χ3v) is 3.81. The van der Waals surface area contributed by atoms with Crippen LogP contribution in [-0.2, 0) is 14.2 Å². The summed E-state index contributed by atoms with van der Waals surface area (Å²) in [6.45, 7) is 10.2. The number of benzene rings is 1. The molecule has 0 unspecified atom stereocenters. The number of aromatic nitrogens is 1. The summed E-state index contributed by atoms with van der Waals surface area (Å²) in [5.74, 6) is -0.731. The molecular weight excluding hydrogens is 440 g/mol. The van der Waals surface area contributed by atoms with Crippen LogP contribution in [0.4, 0.5) is 15.3 Å². The van der Waals surface area contributed by atoms with Crippen molar-refractivity contribution in [2.45, 2.75) is 52.7 Å². The first-order chi connectivity index (χ1) is 15.8. The Labute approximate surface area is 198 Å². The SMILES string of the molecule is COC(=O)c1cccnc1-c1cccc(N=C(NC(=O)OC(C)(C)C)NC(=O)OC(C)(C)C)c1. The average molecular weight is 471 g/mol. The van der Waals surface area contributed by atoms with Gasteiger partial charge in [-0.25, -0.2) is 19.4 Å². The van der Waals surface area contributed by atoms with Crippen LogP contribution in [0.2, 0.25) is 0 Å². The van der Waals surface area contributed by atoms with Gasteiger partial charge in [-0.1, -0.05) is 12.1 Å². The molecule has 34 heavy (non-hydrogen) atoms. The fourth-order valence-electron chi connectivity index (χ4n) is 2.65. The van der Waals surface area contributed by atoms with Gasteiger partial charge in [0.2, 0.25) is 5.96 Å². The van der Waals surface area contributed by atoms with Crippen LogP contribution in [-0.4, -0.2) is 47.4 Å². The molecule has 0 atom stereocenters. The maximum Gasteiger partial charge on any atom is 0.414 e. The number of ether oxygens (including phenoxy) is 3. The number of carbonyl (C=O) groups is 3. The van der Waals surface area contributed by atoms with E-state index in [-0.39, 0.29) is 11.5 Å². The minimum atomic E-state index is -0.809. The van der Waals surface area contributed by atoms with Crippen molar-refractivity contribution >= 4 is 29.8 Å². The first-order valence-electron chi connectivity index (χ1n) is 10.5. The second-order valence-corrected chi connectivity index (χ2v) is 9.16. The van der Waals surface area contributed by atoms with Crippen LogP contribution in [0.1, 0.15) is 51.9 Å². The van der Waals surface area contributed by atoms with Gasteiger partial charge in [0.05, 0.1) is 24.1 Å². The Morgan fingerprint density at radius 2 is 1.47 bits per heavy atom. The molecule has 0 fully saturated rings. The highest BCUT2D eigenvalue weighted by molar-refractivity contribution is 6.02. The van der Waals surface area contributed by atoms with E-state index in [1.807, 2.05) is 0 Å². The number of nitrogens with one attached hydrogen (secondary N) is 2. The lowest BCUT2D eigenvalue weighted by Crippen LogP contribution is -2.47. The summed E-state index contributed by atoms with van der Waals surface area (Å²) >= 11 is 0. The molecule has 2 amide bonds. The fraction of sp³-hybridized carbons (Fsp3) is 0.375. The van der Waals surface area contributed by atoms with Crippen LogP contribution in [0.15, 0.2) is 47.6 Å². The Morgan fingerprint density at radius 1 is 0.882 bits per heavy atom. The summed E-state index contributed by atoms with van der Waals surface area (Å²) < 4.78 is 15.3. The van der Waals surface area contributed by atoms with E-state index in [2.05, 4.69) is 20.6 Å². The molecule has 10 nitrogen and oxygen atoms in total. The topological polar surface area (TPSA) is 128 Å². The van der Waals surface area contributed by atoms with Gasteiger partial charge in [-0.2, -0.15) is 0 Å². The number of hydrogen-bond acceptors (Lipinski definition) is 8. The van der Waals surface area contributed by atoms with E-state index in [1.54, 1.807) is 84.1 Å². The third kappa shape index (κ3) is 8.53. The minimum absolute atomic E-state index is 0.199. The zero-order valence-electron chi connectivity index (χ0n) is 20.4. The van der Waals surface area contributed by atoms with Gasteiger partial charge in [0.15, 0.2) is 0 Å². The highest BCUT2D eigenvalue weighted by Gasteiger charge is 2.21. The van der Waals surface area contributed by atoms with Gasteiger partial charge < -0.3 is 14.2 Å². The van der Waals surface area contributed by atoms with E-state index in [4.69, 9.17) is 14.2 Å². The molecule has 10 heteroatoms. The van der Waals surface area contributed by atoms with Crippen molar-refractivity contribution in [3.8, 4) is 11.3 Å². The molecule has 0 radical (unpaired) electrons. The maximum absolute atomic E-state index is 12.3. The number of alkyl carbamates (subject to hydrolysis) is 2. The Kier molecular flexibility index (Phi) is 8.34. The molecule has 2 N–H and O–H groups in total. The molecule has 0 spiro atoms. The van der Waals surface area contributed by atoms with Crippen LogP contribution in [0.3, 0.4) is 0 Å². The second-order valence-electron chi connectivity index (χ2n) is 9.16. The number of rotatable bonds is 3. The lowest BCUT2D eigenvalue weighted by atomic mass is 10.1. The van der Waals surface area contributed by atoms with Gasteiger partial charge in [0, 0.05) is 11.8 Å². The molecule has 0 aliphatic heterocycles. The Morgan fingerprint density at radius 3 is 2.00 bits per heavy atom. The summed E-state index contributed by atoms with van der Waals surface area (Å²) in [6, 6.07) is 9.97. The van der Waals surface area contributed by atoms with Crippen molar-refractivity contribution in [1.82, 2.24) is 15.6 Å². The number of pyridine rings is 1. The largest absolute Gasteiger partial charge is 0.465 e. The number of aliphatic imine (C=N–C) groups is 1. The molecule has 2 rings (SSSR count). The predicted octanol–water partition coefficient (Wildman–Crippen LogP) is 4.57. The van der Waals surface area contributed by atoms with E-state index >= 15 is 0 Å². The predicted molar refractivity (Wildman–Crippen MR) is 127 cm³/mol. The number of carbonyl (C=O) groups excluding carboxylic acids is 3. The number of hydrogen-bond donors (Lipinski definition) is 2. The second kappa shape index (κ2) is 10.8. The summed E-state index contributed by atoms with van der Waals surface area (Å²) in [5, 5.41) is 4.85. The van der Waals surface area contributed by atoms with Crippen LogP contribution >= 0.6 is 0 Å². The molecule has 182 valence electrons. The van der Waals surface area contributed by atoms with Gasteiger partial charge in [0.1, 0.15) is 11.2 Å². The van der Waals surface area contributed by atoms with E-state index in [1.165, 1.54) is 7.11 Å². The quantitative estimate of drug-likeness (QED) is 0.291. The Balaban J connectivity index is 2.41. The number of methoxy groups -OCH3 is 1. The number of guanidine groups is 1. The van der Waals surface area contributed by atoms with Crippen LogP contribution in [0.25, 0.3) is 11.3 Å². The normalized spacial score (nSPS) is 11.1. The van der Waals surface area contributed by atoms with Gasteiger partial charge in [0.25, 0.3) is 0 Å². The van der Waals surface area contributed by atoms with Crippen LogP contribution < -0.4 is 10.6 Å². The van der Waals surface area contributed by atoms with Gasteiger partial charge in [-0.05, 0) is 65.8 Å². The molecule has 0 saturated carbocycles. The molecule has 1 heterocycles. The van der Waals surface area contributed by atoms with E-state index in [0.29, 0.717) is 16.9 Å². The first kappa shape index (κ1) is 26.3. The first-order valence-corrected chi connectivity index (χ1v) is 10.5. The van der Waals surface area contributed by atoms with E-state index < -0.39 is 29.4 Å². The highest BCUT2D eigenvalue weighted by Crippen LogP contribution is 2.26. The Hall–Kier alpha value is -3.95. The zero-order valence-corrected chi connectivity index (χ0v) is 20.4. The zero-order chi connectivity index (χ0) is 25.5. The van der Waals surface area contributed by atoms with Crippen LogP contribution in [0.5, 0.6) is 0 Å². The maximum atomic E-state index is 12.3. The number of nitrogens with zero attached hydrogens (tertiary/aromatic N) is 2. The van der Waals surface area contributed by atoms with Gasteiger partial charge >= 0.3 is 18.2 Å². The average Bonchev–Trinajstić information content (AvgIpc) is 2.70. The third-order valence-electron chi connectivity index (χ3n) is 3.81. The molecule has 0 bridgehead atoms. The summed E-state index contributed by atoms with van der Waals surface area (Å²) in [4.78, 5) is 45.3. The number of esters is 1. The smallest absolute Gasteiger partial charge is 0.414 e. The minimum Gasteiger partial charge on any atom is -0.465 e. The fourth-order valence-corrected chi connectivity index (χ4v) is 2.65. The van der Waals surface area contributed by atoms with Crippen molar-refractivity contribution < 1.29 is 28.6 Å². The van der Waals surface area contributed by atoms with Crippen molar-refractivity contribution in [2.75, 3.05) is 7.11 Å². The van der Waals surface area contributed by atoms with Gasteiger partial charge in [-0.3, -0.25) is 15.6 Å². The van der Waals surface area contributed by atoms with Crippen molar-refractivity contribution in [3.63, 3.8) is 0 Å². The Bertz CT molecular complexity index is 1050. The molecule has 0 saturated heterocycles. The monoisotopic (exact) mass is 470 g/mol. The molecule has 0 aliphatic rings. The lowest BCUT2D eigenvalue weighted by Gasteiger charge is -2.22. The molecule has 0 aliphatic carbocycles. The van der Waals surface area contributed by atoms with Crippen molar-refractivity contribution in [3.05, 3.63) is 48.2 Å². The van der Waals surface area contributed by atoms with Gasteiger partial charge in [-0.15, -0.1) is 0 Å². The number of amides is 2. The van der Waals surface area contributed by atoms with E-state index in [0.717, 1.165) is 0 Å².